The summed E-state index contributed by atoms with van der Waals surface area (Å²) < 4.78 is 27.8. The molecule has 0 aliphatic carbocycles. The van der Waals surface area contributed by atoms with Crippen molar-refractivity contribution >= 4 is 36.9 Å². The topological polar surface area (TPSA) is 59.1 Å². The molecule has 2 rings (SSSR count). The maximum absolute atomic E-state index is 12.5. The minimum atomic E-state index is -3.52. The lowest BCUT2D eigenvalue weighted by Crippen LogP contribution is -2.29. The third-order valence-corrected chi connectivity index (χ3v) is 5.49. The Morgan fingerprint density at radius 1 is 1.29 bits per heavy atom. The first-order chi connectivity index (χ1) is 10.1. The molecule has 6 heteroatoms. The van der Waals surface area contributed by atoms with E-state index >= 15 is 0 Å². The highest BCUT2D eigenvalue weighted by Crippen LogP contribution is 2.21. The summed E-state index contributed by atoms with van der Waals surface area (Å²) in [6.45, 7) is 2.53. The SMILES string of the molecule is CCC(CCBr)CNS(=O)(=O)c1cccc2ncccc12. The average Bonchev–Trinajstić information content (AvgIpc) is 2.50. The second-order valence-electron chi connectivity index (χ2n) is 4.93. The van der Waals surface area contributed by atoms with Crippen molar-refractivity contribution in [3.63, 3.8) is 0 Å². The number of fused-ring (bicyclic) bond motifs is 1. The predicted molar refractivity (Wildman–Crippen MR) is 89.1 cm³/mol. The van der Waals surface area contributed by atoms with Crippen LogP contribution in [0.25, 0.3) is 10.9 Å². The third-order valence-electron chi connectivity index (χ3n) is 3.55. The number of benzene rings is 1. The molecule has 0 saturated carbocycles. The van der Waals surface area contributed by atoms with Crippen LogP contribution in [0.1, 0.15) is 19.8 Å². The molecule has 0 saturated heterocycles. The zero-order chi connectivity index (χ0) is 15.3. The Kier molecular flexibility index (Phi) is 5.72. The van der Waals surface area contributed by atoms with E-state index in [2.05, 4.69) is 32.6 Å². The first kappa shape index (κ1) is 16.4. The van der Waals surface area contributed by atoms with Gasteiger partial charge < -0.3 is 0 Å². The highest BCUT2D eigenvalue weighted by molar-refractivity contribution is 9.09. The molecule has 0 aliphatic rings. The lowest BCUT2D eigenvalue weighted by molar-refractivity contribution is 0.483. The average molecular weight is 371 g/mol. The summed E-state index contributed by atoms with van der Waals surface area (Å²) >= 11 is 3.40. The minimum Gasteiger partial charge on any atom is -0.256 e. The molecule has 1 atom stereocenters. The van der Waals surface area contributed by atoms with E-state index in [0.29, 0.717) is 28.3 Å². The number of rotatable bonds is 7. The number of hydrogen-bond acceptors (Lipinski definition) is 3. The molecule has 1 unspecified atom stereocenters. The fraction of sp³-hybridized carbons (Fsp3) is 0.400. The van der Waals surface area contributed by atoms with E-state index in [4.69, 9.17) is 0 Å². The molecule has 1 aromatic heterocycles. The van der Waals surface area contributed by atoms with Crippen LogP contribution in [-0.2, 0) is 10.0 Å². The van der Waals surface area contributed by atoms with Crippen molar-refractivity contribution in [3.8, 4) is 0 Å². The van der Waals surface area contributed by atoms with Crippen molar-refractivity contribution in [2.45, 2.75) is 24.7 Å². The first-order valence-electron chi connectivity index (χ1n) is 6.98. The van der Waals surface area contributed by atoms with E-state index < -0.39 is 10.0 Å². The summed E-state index contributed by atoms with van der Waals surface area (Å²) in [6, 6.07) is 8.69. The predicted octanol–water partition coefficient (Wildman–Crippen LogP) is 3.32. The van der Waals surface area contributed by atoms with Crippen LogP contribution in [0.4, 0.5) is 0 Å². The quantitative estimate of drug-likeness (QED) is 0.760. The summed E-state index contributed by atoms with van der Waals surface area (Å²) in [4.78, 5) is 4.49. The molecule has 1 aromatic carbocycles. The zero-order valence-electron chi connectivity index (χ0n) is 11.9. The third kappa shape index (κ3) is 4.02. The summed E-state index contributed by atoms with van der Waals surface area (Å²) in [5.74, 6) is 0.340. The molecule has 0 spiro atoms. The van der Waals surface area contributed by atoms with Gasteiger partial charge in [0.15, 0.2) is 0 Å². The number of sulfonamides is 1. The smallest absolute Gasteiger partial charge is 0.241 e. The van der Waals surface area contributed by atoms with Gasteiger partial charge in [-0.15, -0.1) is 0 Å². The van der Waals surface area contributed by atoms with E-state index in [9.17, 15) is 8.42 Å². The highest BCUT2D eigenvalue weighted by Gasteiger charge is 2.18. The molecule has 1 heterocycles. The Bertz CT molecular complexity index is 698. The van der Waals surface area contributed by atoms with Crippen LogP contribution in [0.15, 0.2) is 41.4 Å². The van der Waals surface area contributed by atoms with Crippen molar-refractivity contribution in [2.24, 2.45) is 5.92 Å². The van der Waals surface area contributed by atoms with Gasteiger partial charge in [-0.1, -0.05) is 35.3 Å². The molecule has 2 aromatic rings. The normalized spacial score (nSPS) is 13.4. The molecule has 1 N–H and O–H groups in total. The molecule has 0 aliphatic heterocycles. The number of alkyl halides is 1. The lowest BCUT2D eigenvalue weighted by atomic mass is 10.0. The van der Waals surface area contributed by atoms with Crippen LogP contribution in [0.3, 0.4) is 0 Å². The van der Waals surface area contributed by atoms with Gasteiger partial charge in [0.1, 0.15) is 0 Å². The molecule has 0 radical (unpaired) electrons. The first-order valence-corrected chi connectivity index (χ1v) is 9.58. The maximum atomic E-state index is 12.5. The molecular weight excluding hydrogens is 352 g/mol. The van der Waals surface area contributed by atoms with Crippen LogP contribution in [-0.4, -0.2) is 25.3 Å². The Labute approximate surface area is 134 Å². The highest BCUT2D eigenvalue weighted by atomic mass is 79.9. The second kappa shape index (κ2) is 7.33. The van der Waals surface area contributed by atoms with Crippen LogP contribution in [0.2, 0.25) is 0 Å². The molecule has 0 amide bonds. The number of nitrogens with zero attached hydrogens (tertiary/aromatic N) is 1. The summed E-state index contributed by atoms with van der Waals surface area (Å²) in [6.07, 6.45) is 3.57. The minimum absolute atomic E-state index is 0.293. The van der Waals surface area contributed by atoms with Crippen LogP contribution in [0.5, 0.6) is 0 Å². The van der Waals surface area contributed by atoms with E-state index in [1.165, 1.54) is 0 Å². The van der Waals surface area contributed by atoms with E-state index in [1.807, 2.05) is 6.07 Å². The van der Waals surface area contributed by atoms with E-state index in [0.717, 1.165) is 18.2 Å². The Hall–Kier alpha value is -0.980. The van der Waals surface area contributed by atoms with Crippen molar-refractivity contribution < 1.29 is 8.42 Å². The van der Waals surface area contributed by atoms with Gasteiger partial charge in [-0.3, -0.25) is 4.98 Å². The number of hydrogen-bond donors (Lipinski definition) is 1. The van der Waals surface area contributed by atoms with Gasteiger partial charge in [0, 0.05) is 23.5 Å². The number of pyridine rings is 1. The lowest BCUT2D eigenvalue weighted by Gasteiger charge is -2.15. The fourth-order valence-corrected chi connectivity index (χ4v) is 4.20. The van der Waals surface area contributed by atoms with Crippen molar-refractivity contribution in [3.05, 3.63) is 36.5 Å². The number of aromatic nitrogens is 1. The van der Waals surface area contributed by atoms with Gasteiger partial charge in [0.2, 0.25) is 10.0 Å². The van der Waals surface area contributed by atoms with Crippen molar-refractivity contribution in [2.75, 3.05) is 11.9 Å². The molecule has 0 fully saturated rings. The van der Waals surface area contributed by atoms with Crippen molar-refractivity contribution in [1.82, 2.24) is 9.71 Å². The standard InChI is InChI=1S/C15H19BrN2O2S/c1-2-12(8-9-16)11-18-21(19,20)15-7-3-6-14-13(15)5-4-10-17-14/h3-7,10,12,18H,2,8-9,11H2,1H3. The molecule has 0 bridgehead atoms. The maximum Gasteiger partial charge on any atom is 0.241 e. The van der Waals surface area contributed by atoms with Gasteiger partial charge in [0.25, 0.3) is 0 Å². The second-order valence-corrected chi connectivity index (χ2v) is 7.46. The fourth-order valence-electron chi connectivity index (χ4n) is 2.22. The van der Waals surface area contributed by atoms with Crippen LogP contribution < -0.4 is 4.72 Å². The number of halogens is 1. The van der Waals surface area contributed by atoms with Crippen LogP contribution >= 0.6 is 15.9 Å². The Morgan fingerprint density at radius 3 is 2.81 bits per heavy atom. The Balaban J connectivity index is 2.26. The largest absolute Gasteiger partial charge is 0.256 e. The zero-order valence-corrected chi connectivity index (χ0v) is 14.3. The van der Waals surface area contributed by atoms with Gasteiger partial charge in [-0.05, 0) is 36.6 Å². The van der Waals surface area contributed by atoms with Gasteiger partial charge in [-0.25, -0.2) is 13.1 Å². The summed E-state index contributed by atoms with van der Waals surface area (Å²) in [7, 11) is -3.52. The monoisotopic (exact) mass is 370 g/mol. The van der Waals surface area contributed by atoms with Gasteiger partial charge in [-0.2, -0.15) is 0 Å². The van der Waals surface area contributed by atoms with Crippen molar-refractivity contribution in [1.29, 1.82) is 0 Å². The van der Waals surface area contributed by atoms with Crippen LogP contribution in [0, 0.1) is 5.92 Å². The molecule has 21 heavy (non-hydrogen) atoms. The van der Waals surface area contributed by atoms with E-state index in [-0.39, 0.29) is 0 Å². The molecule has 4 nitrogen and oxygen atoms in total. The molecule has 114 valence electrons. The van der Waals surface area contributed by atoms with E-state index in [1.54, 1.807) is 30.5 Å². The molecular formula is C15H19BrN2O2S. The summed E-state index contributed by atoms with van der Waals surface area (Å²) in [5.41, 5.74) is 0.688. The number of nitrogens with one attached hydrogen (secondary N) is 1. The Morgan fingerprint density at radius 2 is 2.10 bits per heavy atom. The van der Waals surface area contributed by atoms with Gasteiger partial charge in [0.05, 0.1) is 10.4 Å². The summed E-state index contributed by atoms with van der Waals surface area (Å²) in [5, 5.41) is 1.53. The van der Waals surface area contributed by atoms with Gasteiger partial charge >= 0.3 is 0 Å².